The highest BCUT2D eigenvalue weighted by atomic mass is 16.5. The minimum atomic E-state index is 0.208. The molecule has 2 aromatic rings. The number of likely N-dealkylation sites (N-methyl/N-ethyl adjacent to an activating group) is 1. The van der Waals surface area contributed by atoms with Crippen molar-refractivity contribution in [1.29, 1.82) is 0 Å². The van der Waals surface area contributed by atoms with E-state index in [1.165, 1.54) is 0 Å². The topological polar surface area (TPSA) is 103 Å². The van der Waals surface area contributed by atoms with E-state index in [1.54, 1.807) is 7.11 Å². The number of rotatable bonds is 4. The average Bonchev–Trinajstić information content (AvgIpc) is 2.84. The third-order valence-corrected chi connectivity index (χ3v) is 4.00. The van der Waals surface area contributed by atoms with Gasteiger partial charge in [-0.15, -0.1) is 0 Å². The van der Waals surface area contributed by atoms with E-state index in [4.69, 9.17) is 20.6 Å². The first-order valence-corrected chi connectivity index (χ1v) is 7.15. The quantitative estimate of drug-likeness (QED) is 0.854. The van der Waals surface area contributed by atoms with E-state index >= 15 is 0 Å². The molecule has 0 saturated heterocycles. The van der Waals surface area contributed by atoms with Crippen LogP contribution in [0, 0.1) is 0 Å². The van der Waals surface area contributed by atoms with E-state index in [0.29, 0.717) is 24.5 Å². The first kappa shape index (κ1) is 14.1. The maximum absolute atomic E-state index is 6.02. The van der Waals surface area contributed by atoms with E-state index in [-0.39, 0.29) is 12.1 Å². The summed E-state index contributed by atoms with van der Waals surface area (Å²) in [6.07, 6.45) is 2.82. The molecule has 4 N–H and O–H groups in total. The van der Waals surface area contributed by atoms with Crippen LogP contribution >= 0.6 is 0 Å². The van der Waals surface area contributed by atoms with Gasteiger partial charge in [0.05, 0.1) is 6.10 Å². The van der Waals surface area contributed by atoms with Gasteiger partial charge in [-0.1, -0.05) is 0 Å². The number of aromatic nitrogens is 2. The summed E-state index contributed by atoms with van der Waals surface area (Å²) in [7, 11) is 3.66. The Morgan fingerprint density at radius 1 is 1.43 bits per heavy atom. The van der Waals surface area contributed by atoms with Crippen molar-refractivity contribution < 1.29 is 9.15 Å². The van der Waals surface area contributed by atoms with E-state index in [2.05, 4.69) is 9.97 Å². The number of methoxy groups -OCH3 is 1. The standard InChI is InChI=1S/C14H21N5O2/c1-19(6-5-15)13-12-11(17-14(16)18-13)9-7-8(20-2)3-4-10(9)21-12/h8H,3-7,15H2,1-2H3,(H2,16,17,18). The molecule has 2 aromatic heterocycles. The zero-order valence-electron chi connectivity index (χ0n) is 12.4. The molecular weight excluding hydrogens is 270 g/mol. The van der Waals surface area contributed by atoms with E-state index in [0.717, 1.165) is 36.1 Å². The molecule has 0 radical (unpaired) electrons. The largest absolute Gasteiger partial charge is 0.455 e. The summed E-state index contributed by atoms with van der Waals surface area (Å²) in [5, 5.41) is 0. The number of furan rings is 1. The Bertz CT molecular complexity index is 654. The molecule has 1 atom stereocenters. The summed E-state index contributed by atoms with van der Waals surface area (Å²) in [5.41, 5.74) is 14.1. The number of ether oxygens (including phenoxy) is 1. The predicted molar refractivity (Wildman–Crippen MR) is 81.4 cm³/mol. The Labute approximate surface area is 123 Å². The van der Waals surface area contributed by atoms with Crippen LogP contribution < -0.4 is 16.4 Å². The highest BCUT2D eigenvalue weighted by Crippen LogP contribution is 2.35. The van der Waals surface area contributed by atoms with Gasteiger partial charge < -0.3 is 25.5 Å². The highest BCUT2D eigenvalue weighted by molar-refractivity contribution is 5.88. The average molecular weight is 291 g/mol. The fourth-order valence-electron chi connectivity index (χ4n) is 2.86. The summed E-state index contributed by atoms with van der Waals surface area (Å²) in [6.45, 7) is 1.21. The second kappa shape index (κ2) is 5.50. The molecule has 0 amide bonds. The minimum Gasteiger partial charge on any atom is -0.455 e. The summed E-state index contributed by atoms with van der Waals surface area (Å²) in [4.78, 5) is 10.6. The van der Waals surface area contributed by atoms with Crippen molar-refractivity contribution in [3.8, 4) is 0 Å². The number of hydrogen-bond donors (Lipinski definition) is 2. The van der Waals surface area contributed by atoms with Crippen molar-refractivity contribution in [3.05, 3.63) is 11.3 Å². The van der Waals surface area contributed by atoms with Gasteiger partial charge in [0.2, 0.25) is 5.95 Å². The van der Waals surface area contributed by atoms with Gasteiger partial charge in [-0.2, -0.15) is 4.98 Å². The van der Waals surface area contributed by atoms with Crippen molar-refractivity contribution in [2.45, 2.75) is 25.4 Å². The molecule has 0 saturated carbocycles. The first-order valence-electron chi connectivity index (χ1n) is 7.15. The van der Waals surface area contributed by atoms with Crippen LogP contribution in [0.5, 0.6) is 0 Å². The van der Waals surface area contributed by atoms with Crippen molar-refractivity contribution in [2.75, 3.05) is 37.9 Å². The van der Waals surface area contributed by atoms with Gasteiger partial charge in [-0.3, -0.25) is 0 Å². The number of nitrogen functional groups attached to an aromatic ring is 1. The Morgan fingerprint density at radius 2 is 2.24 bits per heavy atom. The van der Waals surface area contributed by atoms with Crippen LogP contribution in [0.3, 0.4) is 0 Å². The van der Waals surface area contributed by atoms with Crippen molar-refractivity contribution in [2.24, 2.45) is 5.73 Å². The lowest BCUT2D eigenvalue weighted by Gasteiger charge is -2.19. The second-order valence-electron chi connectivity index (χ2n) is 5.40. The number of anilines is 2. The lowest BCUT2D eigenvalue weighted by atomic mass is 9.95. The number of aryl methyl sites for hydroxylation is 1. The highest BCUT2D eigenvalue weighted by Gasteiger charge is 2.27. The number of fused-ring (bicyclic) bond motifs is 3. The van der Waals surface area contributed by atoms with Gasteiger partial charge in [0.25, 0.3) is 0 Å². The zero-order valence-corrected chi connectivity index (χ0v) is 12.4. The van der Waals surface area contributed by atoms with Crippen molar-refractivity contribution in [1.82, 2.24) is 9.97 Å². The lowest BCUT2D eigenvalue weighted by molar-refractivity contribution is 0.0889. The molecule has 7 nitrogen and oxygen atoms in total. The van der Waals surface area contributed by atoms with Crippen molar-refractivity contribution >= 4 is 22.9 Å². The van der Waals surface area contributed by atoms with Gasteiger partial charge in [-0.05, 0) is 6.42 Å². The molecule has 114 valence electrons. The van der Waals surface area contributed by atoms with Crippen LogP contribution in [0.25, 0.3) is 11.1 Å². The smallest absolute Gasteiger partial charge is 0.222 e. The molecule has 3 rings (SSSR count). The van der Waals surface area contributed by atoms with Gasteiger partial charge in [0, 0.05) is 45.7 Å². The molecule has 0 aliphatic heterocycles. The van der Waals surface area contributed by atoms with Crippen molar-refractivity contribution in [3.63, 3.8) is 0 Å². The molecule has 2 heterocycles. The molecule has 1 aliphatic rings. The van der Waals surface area contributed by atoms with Crippen LogP contribution in [0.4, 0.5) is 11.8 Å². The lowest BCUT2D eigenvalue weighted by Crippen LogP contribution is -2.26. The van der Waals surface area contributed by atoms with Crippen LogP contribution in [0.1, 0.15) is 17.7 Å². The van der Waals surface area contributed by atoms with Gasteiger partial charge in [0.15, 0.2) is 11.4 Å². The molecule has 21 heavy (non-hydrogen) atoms. The monoisotopic (exact) mass is 291 g/mol. The third kappa shape index (κ3) is 2.43. The maximum Gasteiger partial charge on any atom is 0.222 e. The molecule has 1 unspecified atom stereocenters. The number of hydrogen-bond acceptors (Lipinski definition) is 7. The second-order valence-corrected chi connectivity index (χ2v) is 5.40. The number of nitrogens with zero attached hydrogens (tertiary/aromatic N) is 3. The van der Waals surface area contributed by atoms with Crippen LogP contribution in [0.2, 0.25) is 0 Å². The summed E-state index contributed by atoms with van der Waals surface area (Å²) >= 11 is 0. The maximum atomic E-state index is 6.02. The van der Waals surface area contributed by atoms with Gasteiger partial charge >= 0.3 is 0 Å². The van der Waals surface area contributed by atoms with Gasteiger partial charge in [-0.25, -0.2) is 4.98 Å². The number of nitrogens with two attached hydrogens (primary N) is 2. The summed E-state index contributed by atoms with van der Waals surface area (Å²) in [6, 6.07) is 0. The SMILES string of the molecule is COC1CCc2oc3c(N(C)CCN)nc(N)nc3c2C1. The van der Waals surface area contributed by atoms with E-state index in [1.807, 2.05) is 11.9 Å². The van der Waals surface area contributed by atoms with Gasteiger partial charge in [0.1, 0.15) is 11.3 Å². The molecular formula is C14H21N5O2. The van der Waals surface area contributed by atoms with Crippen LogP contribution in [-0.4, -0.2) is 43.3 Å². The first-order chi connectivity index (χ1) is 10.1. The van der Waals surface area contributed by atoms with E-state index in [9.17, 15) is 0 Å². The molecule has 7 heteroatoms. The zero-order chi connectivity index (χ0) is 15.0. The fourth-order valence-corrected chi connectivity index (χ4v) is 2.86. The Hall–Kier alpha value is -1.86. The normalized spacial score (nSPS) is 18.0. The summed E-state index contributed by atoms with van der Waals surface area (Å²) in [5.74, 6) is 1.93. The third-order valence-electron chi connectivity index (χ3n) is 4.00. The van der Waals surface area contributed by atoms with Crippen LogP contribution in [-0.2, 0) is 17.6 Å². The summed E-state index contributed by atoms with van der Waals surface area (Å²) < 4.78 is 11.5. The molecule has 0 bridgehead atoms. The Morgan fingerprint density at radius 3 is 2.95 bits per heavy atom. The predicted octanol–water partition coefficient (Wildman–Crippen LogP) is 0.704. The molecule has 1 aliphatic carbocycles. The Balaban J connectivity index is 2.12. The minimum absolute atomic E-state index is 0.208. The molecule has 0 fully saturated rings. The Kier molecular flexibility index (Phi) is 3.69. The molecule has 0 spiro atoms. The van der Waals surface area contributed by atoms with Crippen LogP contribution in [0.15, 0.2) is 4.42 Å². The van der Waals surface area contributed by atoms with E-state index < -0.39 is 0 Å². The fraction of sp³-hybridized carbons (Fsp3) is 0.571. The molecule has 0 aromatic carbocycles.